The van der Waals surface area contributed by atoms with Gasteiger partial charge in [0.05, 0.1) is 13.2 Å². The molecular formula is C19H26O3. The number of allylic oxidation sites excluding steroid dienone is 1. The van der Waals surface area contributed by atoms with E-state index < -0.39 is 11.4 Å². The Labute approximate surface area is 132 Å². The summed E-state index contributed by atoms with van der Waals surface area (Å²) in [4.78, 5) is 0. The third-order valence-electron chi connectivity index (χ3n) is 5.55. The summed E-state index contributed by atoms with van der Waals surface area (Å²) >= 11 is 0. The first kappa shape index (κ1) is 15.7. The van der Waals surface area contributed by atoms with Gasteiger partial charge in [-0.05, 0) is 37.3 Å². The molecule has 1 N–H and O–H groups in total. The summed E-state index contributed by atoms with van der Waals surface area (Å²) in [7, 11) is 0. The lowest BCUT2D eigenvalue weighted by molar-refractivity contribution is -0.169. The zero-order chi connectivity index (χ0) is 16.0. The Kier molecular flexibility index (Phi) is 3.92. The Morgan fingerprint density at radius 3 is 2.23 bits per heavy atom. The molecule has 1 aromatic carbocycles. The summed E-state index contributed by atoms with van der Waals surface area (Å²) in [6, 6.07) is 8.04. The van der Waals surface area contributed by atoms with E-state index in [1.165, 1.54) is 5.57 Å². The van der Waals surface area contributed by atoms with Gasteiger partial charge in [-0.25, -0.2) is 0 Å². The minimum atomic E-state index is -0.919. The van der Waals surface area contributed by atoms with Crippen LogP contribution in [0.15, 0.2) is 35.4 Å². The molecule has 3 rings (SSSR count). The molecule has 2 atom stereocenters. The highest BCUT2D eigenvalue weighted by atomic mass is 16.7. The second kappa shape index (κ2) is 5.48. The maximum absolute atomic E-state index is 11.5. The van der Waals surface area contributed by atoms with Crippen LogP contribution in [-0.4, -0.2) is 18.3 Å². The van der Waals surface area contributed by atoms with E-state index in [1.54, 1.807) is 0 Å². The van der Waals surface area contributed by atoms with Crippen LogP contribution in [0.4, 0.5) is 0 Å². The van der Waals surface area contributed by atoms with Gasteiger partial charge in [0.25, 0.3) is 0 Å². The molecule has 0 spiro atoms. The predicted molar refractivity (Wildman–Crippen MR) is 86.4 cm³/mol. The van der Waals surface area contributed by atoms with Crippen LogP contribution in [0.2, 0.25) is 0 Å². The van der Waals surface area contributed by atoms with E-state index in [9.17, 15) is 5.11 Å². The Morgan fingerprint density at radius 1 is 1.14 bits per heavy atom. The van der Waals surface area contributed by atoms with Crippen molar-refractivity contribution in [3.05, 3.63) is 46.5 Å². The van der Waals surface area contributed by atoms with Crippen LogP contribution in [0.1, 0.15) is 51.7 Å². The lowest BCUT2D eigenvalue weighted by atomic mass is 9.81. The molecule has 1 aliphatic heterocycles. The SMILES string of the molecule is CCC1(c2ccccc2C2(O)CC(C)C(C)=C2C)OCCO1. The van der Waals surface area contributed by atoms with Gasteiger partial charge >= 0.3 is 0 Å². The molecule has 0 aromatic heterocycles. The van der Waals surface area contributed by atoms with Crippen molar-refractivity contribution in [2.45, 2.75) is 51.9 Å². The van der Waals surface area contributed by atoms with Crippen molar-refractivity contribution in [3.63, 3.8) is 0 Å². The van der Waals surface area contributed by atoms with E-state index in [1.807, 2.05) is 31.2 Å². The highest BCUT2D eigenvalue weighted by Gasteiger charge is 2.46. The monoisotopic (exact) mass is 302 g/mol. The van der Waals surface area contributed by atoms with Gasteiger partial charge in [-0.15, -0.1) is 0 Å². The van der Waals surface area contributed by atoms with Gasteiger partial charge in [0, 0.05) is 12.0 Å². The Hall–Kier alpha value is -1.16. The fraction of sp³-hybridized carbons (Fsp3) is 0.579. The molecule has 1 heterocycles. The summed E-state index contributed by atoms with van der Waals surface area (Å²) in [6.45, 7) is 9.62. The van der Waals surface area contributed by atoms with Gasteiger partial charge in [-0.3, -0.25) is 0 Å². The molecule has 1 saturated heterocycles. The molecule has 0 radical (unpaired) electrons. The molecular weight excluding hydrogens is 276 g/mol. The molecule has 1 fully saturated rings. The van der Waals surface area contributed by atoms with Gasteiger partial charge in [-0.2, -0.15) is 0 Å². The Balaban J connectivity index is 2.14. The zero-order valence-corrected chi connectivity index (χ0v) is 14.0. The molecule has 3 nitrogen and oxygen atoms in total. The number of hydrogen-bond donors (Lipinski definition) is 1. The lowest BCUT2D eigenvalue weighted by Crippen LogP contribution is -2.34. The third-order valence-corrected chi connectivity index (χ3v) is 5.55. The number of ether oxygens (including phenoxy) is 2. The van der Waals surface area contributed by atoms with Crippen LogP contribution >= 0.6 is 0 Å². The first-order chi connectivity index (χ1) is 10.4. The van der Waals surface area contributed by atoms with E-state index in [4.69, 9.17) is 9.47 Å². The lowest BCUT2D eigenvalue weighted by Gasteiger charge is -2.34. The second-order valence-corrected chi connectivity index (χ2v) is 6.62. The van der Waals surface area contributed by atoms with Crippen LogP contribution in [0.3, 0.4) is 0 Å². The van der Waals surface area contributed by atoms with Crippen LogP contribution in [0.5, 0.6) is 0 Å². The van der Waals surface area contributed by atoms with E-state index in [0.29, 0.717) is 19.1 Å². The largest absolute Gasteiger partial charge is 0.381 e. The van der Waals surface area contributed by atoms with E-state index in [2.05, 4.69) is 20.8 Å². The van der Waals surface area contributed by atoms with Crippen molar-refractivity contribution in [3.8, 4) is 0 Å². The number of benzene rings is 1. The maximum Gasteiger partial charge on any atom is 0.195 e. The summed E-state index contributed by atoms with van der Waals surface area (Å²) in [5, 5.41) is 11.5. The average molecular weight is 302 g/mol. The fourth-order valence-electron chi connectivity index (χ4n) is 3.94. The normalized spacial score (nSPS) is 31.0. The zero-order valence-electron chi connectivity index (χ0n) is 14.0. The van der Waals surface area contributed by atoms with Crippen molar-refractivity contribution in [2.24, 2.45) is 5.92 Å². The molecule has 0 saturated carbocycles. The van der Waals surface area contributed by atoms with Crippen LogP contribution in [0.25, 0.3) is 0 Å². The molecule has 120 valence electrons. The van der Waals surface area contributed by atoms with Crippen molar-refractivity contribution in [1.29, 1.82) is 0 Å². The average Bonchev–Trinajstić information content (AvgIpc) is 3.09. The van der Waals surface area contributed by atoms with Crippen LogP contribution in [-0.2, 0) is 20.9 Å². The number of aliphatic hydroxyl groups is 1. The summed E-state index contributed by atoms with van der Waals surface area (Å²) in [5.41, 5.74) is 3.34. The quantitative estimate of drug-likeness (QED) is 0.862. The number of hydrogen-bond acceptors (Lipinski definition) is 3. The molecule has 22 heavy (non-hydrogen) atoms. The third kappa shape index (κ3) is 2.15. The Morgan fingerprint density at radius 2 is 1.73 bits per heavy atom. The second-order valence-electron chi connectivity index (χ2n) is 6.62. The molecule has 2 aliphatic rings. The van der Waals surface area contributed by atoms with Gasteiger partial charge in [-0.1, -0.05) is 43.7 Å². The predicted octanol–water partition coefficient (Wildman–Crippen LogP) is 3.86. The molecule has 1 aliphatic carbocycles. The highest BCUT2D eigenvalue weighted by Crippen LogP contribution is 2.49. The minimum Gasteiger partial charge on any atom is -0.381 e. The van der Waals surface area contributed by atoms with Gasteiger partial charge in [0.1, 0.15) is 5.60 Å². The van der Waals surface area contributed by atoms with Crippen molar-refractivity contribution >= 4 is 0 Å². The summed E-state index contributed by atoms with van der Waals surface area (Å²) < 4.78 is 11.9. The van der Waals surface area contributed by atoms with Gasteiger partial charge < -0.3 is 14.6 Å². The fourth-order valence-corrected chi connectivity index (χ4v) is 3.94. The van der Waals surface area contributed by atoms with Crippen LogP contribution in [0, 0.1) is 5.92 Å². The van der Waals surface area contributed by atoms with Crippen molar-refractivity contribution < 1.29 is 14.6 Å². The molecule has 3 heteroatoms. The summed E-state index contributed by atoms with van der Waals surface area (Å²) in [5.74, 6) is -0.326. The first-order valence-electron chi connectivity index (χ1n) is 8.23. The summed E-state index contributed by atoms with van der Waals surface area (Å²) in [6.07, 6.45) is 1.46. The smallest absolute Gasteiger partial charge is 0.195 e. The maximum atomic E-state index is 11.5. The van der Waals surface area contributed by atoms with Crippen LogP contribution < -0.4 is 0 Å². The highest BCUT2D eigenvalue weighted by molar-refractivity contribution is 5.45. The standard InChI is InChI=1S/C19H26O3/c1-5-19(21-10-11-22-19)17-9-7-6-8-16(17)18(20)12-13(2)14(3)15(18)4/h6-9,13,20H,5,10-12H2,1-4H3. The molecule has 0 bridgehead atoms. The van der Waals surface area contributed by atoms with Gasteiger partial charge in [0.15, 0.2) is 5.79 Å². The molecule has 2 unspecified atom stereocenters. The van der Waals surface area contributed by atoms with E-state index in [0.717, 1.165) is 29.5 Å². The Bertz CT molecular complexity index is 598. The van der Waals surface area contributed by atoms with Gasteiger partial charge in [0.2, 0.25) is 0 Å². The van der Waals surface area contributed by atoms with E-state index in [-0.39, 0.29) is 0 Å². The van der Waals surface area contributed by atoms with Crippen molar-refractivity contribution in [2.75, 3.05) is 13.2 Å². The van der Waals surface area contributed by atoms with E-state index >= 15 is 0 Å². The minimum absolute atomic E-state index is 0.390. The number of rotatable bonds is 3. The topological polar surface area (TPSA) is 38.7 Å². The van der Waals surface area contributed by atoms with Crippen molar-refractivity contribution in [1.82, 2.24) is 0 Å². The molecule has 1 aromatic rings. The molecule has 0 amide bonds. The first-order valence-corrected chi connectivity index (χ1v) is 8.23.